The van der Waals surface area contributed by atoms with Crippen molar-refractivity contribution in [2.24, 2.45) is 0 Å². The van der Waals surface area contributed by atoms with Crippen molar-refractivity contribution in [3.05, 3.63) is 96.7 Å². The van der Waals surface area contributed by atoms with Gasteiger partial charge in [-0.25, -0.2) is 0 Å². The van der Waals surface area contributed by atoms with Gasteiger partial charge < -0.3 is 19.5 Å². The lowest BCUT2D eigenvalue weighted by molar-refractivity contribution is 0.102. The van der Waals surface area contributed by atoms with Gasteiger partial charge in [-0.15, -0.1) is 0 Å². The highest BCUT2D eigenvalue weighted by Crippen LogP contribution is 2.38. The number of ether oxygens (including phenoxy) is 3. The molecule has 1 aliphatic rings. The van der Waals surface area contributed by atoms with Crippen LogP contribution in [0, 0.1) is 0 Å². The highest BCUT2D eigenvalue weighted by Gasteiger charge is 2.15. The Morgan fingerprint density at radius 1 is 0.875 bits per heavy atom. The van der Waals surface area contributed by atoms with Gasteiger partial charge in [-0.3, -0.25) is 14.7 Å². The van der Waals surface area contributed by atoms with Crippen molar-refractivity contribution in [1.82, 2.24) is 9.88 Å². The summed E-state index contributed by atoms with van der Waals surface area (Å²) in [7, 11) is 1.64. The van der Waals surface area contributed by atoms with Crippen molar-refractivity contribution in [3.8, 4) is 23.0 Å². The third-order valence-corrected chi connectivity index (χ3v) is 7.21. The second kappa shape index (κ2) is 11.6. The van der Waals surface area contributed by atoms with Crippen molar-refractivity contribution in [2.75, 3.05) is 38.7 Å². The first-order valence-electron chi connectivity index (χ1n) is 13.6. The number of anilines is 1. The van der Waals surface area contributed by atoms with Gasteiger partial charge in [0.2, 0.25) is 0 Å². The molecule has 1 saturated heterocycles. The number of methoxy groups -OCH3 is 1. The molecule has 202 valence electrons. The number of pyridine rings is 1. The molecule has 1 fully saturated rings. The lowest BCUT2D eigenvalue weighted by atomic mass is 10.1. The van der Waals surface area contributed by atoms with Crippen molar-refractivity contribution in [1.29, 1.82) is 0 Å². The molecule has 0 atom stereocenters. The van der Waals surface area contributed by atoms with Gasteiger partial charge in [-0.05, 0) is 79.8 Å². The number of nitrogens with one attached hydrogen (secondary N) is 1. The number of hydrogen-bond acceptors (Lipinski definition) is 6. The molecule has 6 rings (SSSR count). The predicted molar refractivity (Wildman–Crippen MR) is 158 cm³/mol. The van der Waals surface area contributed by atoms with Gasteiger partial charge >= 0.3 is 0 Å². The number of fused-ring (bicyclic) bond motifs is 2. The zero-order chi connectivity index (χ0) is 27.3. The number of carbonyl (C=O) groups excluding carboxylic acids is 1. The van der Waals surface area contributed by atoms with E-state index in [2.05, 4.69) is 15.2 Å². The van der Waals surface area contributed by atoms with E-state index in [-0.39, 0.29) is 5.91 Å². The molecule has 7 nitrogen and oxygen atoms in total. The van der Waals surface area contributed by atoms with Crippen molar-refractivity contribution in [3.63, 3.8) is 0 Å². The van der Waals surface area contributed by atoms with Crippen LogP contribution < -0.4 is 19.5 Å². The molecule has 0 unspecified atom stereocenters. The minimum Gasteiger partial charge on any atom is -0.493 e. The average Bonchev–Trinajstić information content (AvgIpc) is 3.51. The number of nitrogens with zero attached hydrogens (tertiary/aromatic N) is 2. The maximum Gasteiger partial charge on any atom is 0.255 e. The summed E-state index contributed by atoms with van der Waals surface area (Å²) in [5.74, 6) is 2.51. The summed E-state index contributed by atoms with van der Waals surface area (Å²) >= 11 is 0. The number of aromatic nitrogens is 1. The molecule has 1 aliphatic heterocycles. The fourth-order valence-electron chi connectivity index (χ4n) is 5.13. The van der Waals surface area contributed by atoms with Crippen molar-refractivity contribution in [2.45, 2.75) is 12.8 Å². The Kier molecular flexibility index (Phi) is 7.46. The van der Waals surface area contributed by atoms with Gasteiger partial charge in [0.15, 0.2) is 11.5 Å². The van der Waals surface area contributed by atoms with Gasteiger partial charge in [0, 0.05) is 40.8 Å². The van der Waals surface area contributed by atoms with Crippen molar-refractivity contribution < 1.29 is 19.0 Å². The summed E-state index contributed by atoms with van der Waals surface area (Å²) in [6, 6.07) is 26.5. The Hall–Kier alpha value is -4.62. The van der Waals surface area contributed by atoms with E-state index in [0.29, 0.717) is 35.2 Å². The second-order valence-corrected chi connectivity index (χ2v) is 9.84. The summed E-state index contributed by atoms with van der Waals surface area (Å²) in [4.78, 5) is 19.7. The molecule has 1 N–H and O–H groups in total. The summed E-state index contributed by atoms with van der Waals surface area (Å²) in [5.41, 5.74) is 2.12. The Bertz CT molecular complexity index is 1650. The molecule has 2 heterocycles. The van der Waals surface area contributed by atoms with Crippen LogP contribution in [0.3, 0.4) is 0 Å². The van der Waals surface area contributed by atoms with Crippen LogP contribution in [0.2, 0.25) is 0 Å². The first-order chi connectivity index (χ1) is 19.7. The first-order valence-corrected chi connectivity index (χ1v) is 13.6. The smallest absolute Gasteiger partial charge is 0.255 e. The average molecular weight is 534 g/mol. The van der Waals surface area contributed by atoms with Gasteiger partial charge in [-0.1, -0.05) is 30.3 Å². The van der Waals surface area contributed by atoms with Crippen LogP contribution in [0.1, 0.15) is 23.2 Å². The molecule has 0 spiro atoms. The highest BCUT2D eigenvalue weighted by atomic mass is 16.5. The topological polar surface area (TPSA) is 72.9 Å². The summed E-state index contributed by atoms with van der Waals surface area (Å²) in [5, 5.41) is 5.73. The molecule has 5 aromatic rings. The van der Waals surface area contributed by atoms with Gasteiger partial charge in [-0.2, -0.15) is 0 Å². The number of amides is 1. The molecule has 1 aromatic heterocycles. The first kappa shape index (κ1) is 25.6. The number of hydrogen-bond donors (Lipinski definition) is 1. The third-order valence-electron chi connectivity index (χ3n) is 7.21. The summed E-state index contributed by atoms with van der Waals surface area (Å²) < 4.78 is 18.1. The van der Waals surface area contributed by atoms with E-state index in [4.69, 9.17) is 14.2 Å². The molecule has 1 amide bonds. The molecule has 0 saturated carbocycles. The fraction of sp³-hybridized carbons (Fsp3) is 0.212. The standard InChI is InChI=1S/C33H31N3O4/c1-38-31-21-27-29(22-32(31)39-19-18-36-16-5-6-17-36)34-15-14-30(27)40-25-12-13-26-24(20-25)10-7-11-28(26)35-33(37)23-8-3-2-4-9-23/h2-4,7-15,20-22H,5-6,16-19H2,1H3,(H,35,37). The zero-order valence-corrected chi connectivity index (χ0v) is 22.4. The number of rotatable bonds is 9. The Morgan fingerprint density at radius 2 is 1.73 bits per heavy atom. The lowest BCUT2D eigenvalue weighted by Gasteiger charge is -2.17. The number of likely N-dealkylation sites (tertiary alicyclic amines) is 1. The molecule has 0 aliphatic carbocycles. The Balaban J connectivity index is 1.23. The molecule has 40 heavy (non-hydrogen) atoms. The molecule has 4 aromatic carbocycles. The summed E-state index contributed by atoms with van der Waals surface area (Å²) in [6.45, 7) is 3.78. The second-order valence-electron chi connectivity index (χ2n) is 9.84. The van der Waals surface area contributed by atoms with E-state index in [9.17, 15) is 4.79 Å². The Labute approximate surface area is 233 Å². The fourth-order valence-corrected chi connectivity index (χ4v) is 5.13. The summed E-state index contributed by atoms with van der Waals surface area (Å²) in [6.07, 6.45) is 4.25. The van der Waals surface area contributed by atoms with E-state index >= 15 is 0 Å². The highest BCUT2D eigenvalue weighted by molar-refractivity contribution is 6.09. The number of benzene rings is 4. The van der Waals surface area contributed by atoms with E-state index in [1.807, 2.05) is 72.8 Å². The minimum atomic E-state index is -0.148. The largest absolute Gasteiger partial charge is 0.493 e. The predicted octanol–water partition coefficient (Wildman–Crippen LogP) is 6.92. The quantitative estimate of drug-likeness (QED) is 0.222. The van der Waals surface area contributed by atoms with E-state index in [1.165, 1.54) is 12.8 Å². The van der Waals surface area contributed by atoms with Crippen LogP contribution >= 0.6 is 0 Å². The Morgan fingerprint density at radius 3 is 2.55 bits per heavy atom. The number of carbonyl (C=O) groups is 1. The van der Waals surface area contributed by atoms with Crippen LogP contribution in [-0.4, -0.2) is 49.1 Å². The minimum absolute atomic E-state index is 0.148. The molecule has 0 radical (unpaired) electrons. The van der Waals surface area contributed by atoms with Gasteiger partial charge in [0.25, 0.3) is 5.91 Å². The monoisotopic (exact) mass is 533 g/mol. The van der Waals surface area contributed by atoms with E-state index in [1.54, 1.807) is 25.4 Å². The molecule has 0 bridgehead atoms. The van der Waals surface area contributed by atoms with Gasteiger partial charge in [0.1, 0.15) is 18.1 Å². The van der Waals surface area contributed by atoms with Crippen LogP contribution in [0.15, 0.2) is 91.1 Å². The maximum atomic E-state index is 12.7. The molecular weight excluding hydrogens is 502 g/mol. The molecular formula is C33H31N3O4. The van der Waals surface area contributed by atoms with Crippen LogP contribution in [0.25, 0.3) is 21.7 Å². The maximum absolute atomic E-state index is 12.7. The normalized spacial score (nSPS) is 13.4. The zero-order valence-electron chi connectivity index (χ0n) is 22.4. The lowest BCUT2D eigenvalue weighted by Crippen LogP contribution is -2.25. The van der Waals surface area contributed by atoms with Gasteiger partial charge in [0.05, 0.1) is 12.6 Å². The van der Waals surface area contributed by atoms with E-state index in [0.717, 1.165) is 47.0 Å². The molecule has 7 heteroatoms. The van der Waals surface area contributed by atoms with Crippen LogP contribution in [0.5, 0.6) is 23.0 Å². The van der Waals surface area contributed by atoms with E-state index < -0.39 is 0 Å². The van der Waals surface area contributed by atoms with Crippen LogP contribution in [0.4, 0.5) is 5.69 Å². The third kappa shape index (κ3) is 5.55. The van der Waals surface area contributed by atoms with Crippen molar-refractivity contribution >= 4 is 33.3 Å². The SMILES string of the molecule is COc1cc2c(Oc3ccc4c(NC(=O)c5ccccc5)cccc4c3)ccnc2cc1OCCN1CCCC1. The van der Waals surface area contributed by atoms with Crippen LogP contribution in [-0.2, 0) is 0 Å².